The predicted octanol–water partition coefficient (Wildman–Crippen LogP) is 3.15. The average molecular weight is 282 g/mol. The second-order valence-electron chi connectivity index (χ2n) is 8.12. The monoisotopic (exact) mass is 282 g/mol. The number of nitrogens with two attached hydrogens (primary N) is 1. The molecule has 0 spiro atoms. The van der Waals surface area contributed by atoms with Crippen LogP contribution in [0, 0.1) is 11.3 Å². The van der Waals surface area contributed by atoms with Gasteiger partial charge in [0.05, 0.1) is 0 Å². The van der Waals surface area contributed by atoms with Crippen LogP contribution >= 0.6 is 0 Å². The molecule has 0 radical (unpaired) electrons. The summed E-state index contributed by atoms with van der Waals surface area (Å²) in [5.74, 6) is 0.654. The van der Waals surface area contributed by atoms with E-state index in [-0.39, 0.29) is 11.6 Å². The van der Waals surface area contributed by atoms with E-state index in [9.17, 15) is 4.79 Å². The highest BCUT2D eigenvalue weighted by molar-refractivity contribution is 5.68. The van der Waals surface area contributed by atoms with Crippen LogP contribution in [0.5, 0.6) is 0 Å². The van der Waals surface area contributed by atoms with Crippen molar-refractivity contribution >= 4 is 6.09 Å². The van der Waals surface area contributed by atoms with Gasteiger partial charge in [-0.2, -0.15) is 0 Å². The lowest BCUT2D eigenvalue weighted by atomic mass is 9.71. The maximum absolute atomic E-state index is 12.1. The number of ether oxygens (including phenoxy) is 1. The molecule has 0 bridgehead atoms. The molecule has 1 saturated heterocycles. The molecule has 0 atom stereocenters. The lowest BCUT2D eigenvalue weighted by Gasteiger charge is -2.42. The van der Waals surface area contributed by atoms with Crippen molar-refractivity contribution in [3.63, 3.8) is 0 Å². The third-order valence-corrected chi connectivity index (χ3v) is 5.00. The Morgan fingerprint density at radius 1 is 1.15 bits per heavy atom. The normalized spacial score (nSPS) is 23.6. The van der Waals surface area contributed by atoms with E-state index in [1.54, 1.807) is 0 Å². The Morgan fingerprint density at radius 3 is 2.00 bits per heavy atom. The van der Waals surface area contributed by atoms with Crippen LogP contribution in [0.25, 0.3) is 0 Å². The summed E-state index contributed by atoms with van der Waals surface area (Å²) in [6.07, 6.45) is 4.42. The van der Waals surface area contributed by atoms with Crippen LogP contribution in [-0.2, 0) is 4.74 Å². The zero-order valence-corrected chi connectivity index (χ0v) is 13.7. The van der Waals surface area contributed by atoms with Crippen molar-refractivity contribution in [2.45, 2.75) is 71.4 Å². The van der Waals surface area contributed by atoms with Gasteiger partial charge in [0.25, 0.3) is 0 Å². The molecule has 20 heavy (non-hydrogen) atoms. The maximum Gasteiger partial charge on any atom is 0.410 e. The minimum Gasteiger partial charge on any atom is -0.444 e. The smallest absolute Gasteiger partial charge is 0.410 e. The standard InChI is InChI=1S/C16H30N2O2/c1-14(2,3)20-13(19)18-10-6-12(7-11-18)16(8-9-16)15(4,5)17/h12H,6-11,17H2,1-5H3. The van der Waals surface area contributed by atoms with Crippen LogP contribution in [-0.4, -0.2) is 35.2 Å². The molecule has 0 aromatic rings. The molecule has 2 N–H and O–H groups in total. The van der Waals surface area contributed by atoms with Gasteiger partial charge in [0.2, 0.25) is 0 Å². The first-order valence-corrected chi connectivity index (χ1v) is 7.82. The topological polar surface area (TPSA) is 55.6 Å². The van der Waals surface area contributed by atoms with Gasteiger partial charge in [0, 0.05) is 18.6 Å². The first kappa shape index (κ1) is 15.6. The molecule has 1 heterocycles. The molecule has 1 amide bonds. The molecule has 0 aromatic heterocycles. The van der Waals surface area contributed by atoms with Gasteiger partial charge in [-0.15, -0.1) is 0 Å². The van der Waals surface area contributed by atoms with Gasteiger partial charge in [0.15, 0.2) is 0 Å². The molecule has 4 nitrogen and oxygen atoms in total. The summed E-state index contributed by atoms with van der Waals surface area (Å²) in [5, 5.41) is 0. The number of hydrogen-bond donors (Lipinski definition) is 1. The zero-order chi connectivity index (χ0) is 15.2. The fourth-order valence-corrected chi connectivity index (χ4v) is 3.65. The van der Waals surface area contributed by atoms with Crippen molar-refractivity contribution in [1.29, 1.82) is 0 Å². The van der Waals surface area contributed by atoms with Crippen molar-refractivity contribution in [1.82, 2.24) is 4.90 Å². The summed E-state index contributed by atoms with van der Waals surface area (Å²) < 4.78 is 5.44. The molecule has 4 heteroatoms. The van der Waals surface area contributed by atoms with Crippen molar-refractivity contribution in [2.75, 3.05) is 13.1 Å². The first-order chi connectivity index (χ1) is 9.05. The largest absolute Gasteiger partial charge is 0.444 e. The molecule has 0 aromatic carbocycles. The number of amides is 1. The lowest BCUT2D eigenvalue weighted by Crippen LogP contribution is -2.50. The van der Waals surface area contributed by atoms with Gasteiger partial charge in [-0.1, -0.05) is 0 Å². The van der Waals surface area contributed by atoms with E-state index in [4.69, 9.17) is 10.5 Å². The molecule has 116 valence electrons. The highest BCUT2D eigenvalue weighted by atomic mass is 16.6. The average Bonchev–Trinajstić information content (AvgIpc) is 3.07. The Bertz CT molecular complexity index is 367. The molecule has 2 aliphatic rings. The molecule has 1 saturated carbocycles. The van der Waals surface area contributed by atoms with E-state index in [1.165, 1.54) is 12.8 Å². The van der Waals surface area contributed by atoms with Crippen molar-refractivity contribution in [3.8, 4) is 0 Å². The van der Waals surface area contributed by atoms with E-state index >= 15 is 0 Å². The van der Waals surface area contributed by atoms with E-state index < -0.39 is 5.60 Å². The summed E-state index contributed by atoms with van der Waals surface area (Å²) in [7, 11) is 0. The van der Waals surface area contributed by atoms with Gasteiger partial charge in [0.1, 0.15) is 5.60 Å². The Morgan fingerprint density at radius 2 is 1.65 bits per heavy atom. The summed E-state index contributed by atoms with van der Waals surface area (Å²) in [5.41, 5.74) is 6.17. The van der Waals surface area contributed by atoms with Crippen LogP contribution in [0.15, 0.2) is 0 Å². The number of hydrogen-bond acceptors (Lipinski definition) is 3. The van der Waals surface area contributed by atoms with Gasteiger partial charge in [-0.05, 0) is 71.6 Å². The molecule has 1 aliphatic heterocycles. The second kappa shape index (κ2) is 4.90. The number of carbonyl (C=O) groups is 1. The highest BCUT2D eigenvalue weighted by Gasteiger charge is 2.57. The summed E-state index contributed by atoms with van der Waals surface area (Å²) >= 11 is 0. The Kier molecular flexibility index (Phi) is 3.83. The number of carbonyl (C=O) groups excluding carboxylic acids is 1. The minimum atomic E-state index is -0.412. The van der Waals surface area contributed by atoms with E-state index in [0.717, 1.165) is 25.9 Å². The molecular weight excluding hydrogens is 252 g/mol. The molecule has 2 rings (SSSR count). The Hall–Kier alpha value is -0.770. The third-order valence-electron chi connectivity index (χ3n) is 5.00. The Labute approximate surface area is 123 Å². The fraction of sp³-hybridized carbons (Fsp3) is 0.938. The van der Waals surface area contributed by atoms with Crippen LogP contribution < -0.4 is 5.73 Å². The van der Waals surface area contributed by atoms with Gasteiger partial charge >= 0.3 is 6.09 Å². The van der Waals surface area contributed by atoms with Crippen LogP contribution in [0.2, 0.25) is 0 Å². The van der Waals surface area contributed by atoms with Crippen molar-refractivity contribution < 1.29 is 9.53 Å². The van der Waals surface area contributed by atoms with E-state index in [0.29, 0.717) is 11.3 Å². The van der Waals surface area contributed by atoms with Crippen LogP contribution in [0.3, 0.4) is 0 Å². The van der Waals surface area contributed by atoms with E-state index in [1.807, 2.05) is 25.7 Å². The fourth-order valence-electron chi connectivity index (χ4n) is 3.65. The molecule has 2 fully saturated rings. The number of likely N-dealkylation sites (tertiary alicyclic amines) is 1. The summed E-state index contributed by atoms with van der Waals surface area (Å²) in [4.78, 5) is 13.9. The van der Waals surface area contributed by atoms with Crippen molar-refractivity contribution in [3.05, 3.63) is 0 Å². The highest BCUT2D eigenvalue weighted by Crippen LogP contribution is 2.60. The maximum atomic E-state index is 12.1. The second-order valence-corrected chi connectivity index (χ2v) is 8.12. The van der Waals surface area contributed by atoms with Crippen molar-refractivity contribution in [2.24, 2.45) is 17.1 Å². The van der Waals surface area contributed by atoms with Gasteiger partial charge in [-0.25, -0.2) is 4.79 Å². The van der Waals surface area contributed by atoms with Gasteiger partial charge in [-0.3, -0.25) is 0 Å². The SMILES string of the molecule is CC(C)(C)OC(=O)N1CCC(C2(C(C)(C)N)CC2)CC1. The predicted molar refractivity (Wildman–Crippen MR) is 80.5 cm³/mol. The summed E-state index contributed by atoms with van der Waals surface area (Å²) in [6.45, 7) is 11.6. The zero-order valence-electron chi connectivity index (χ0n) is 13.7. The molecule has 1 aliphatic carbocycles. The van der Waals surface area contributed by atoms with Crippen LogP contribution in [0.4, 0.5) is 4.79 Å². The minimum absolute atomic E-state index is 0.105. The van der Waals surface area contributed by atoms with E-state index in [2.05, 4.69) is 13.8 Å². The van der Waals surface area contributed by atoms with Crippen LogP contribution in [0.1, 0.15) is 60.3 Å². The molecular formula is C16H30N2O2. The Balaban J connectivity index is 1.89. The third kappa shape index (κ3) is 3.11. The van der Waals surface area contributed by atoms with Gasteiger partial charge < -0.3 is 15.4 Å². The molecule has 0 unspecified atom stereocenters. The number of nitrogens with zero attached hydrogens (tertiary/aromatic N) is 1. The number of piperidine rings is 1. The number of rotatable bonds is 2. The summed E-state index contributed by atoms with van der Waals surface area (Å²) in [6, 6.07) is 0. The lowest BCUT2D eigenvalue weighted by molar-refractivity contribution is 0.0122. The first-order valence-electron chi connectivity index (χ1n) is 7.82. The quantitative estimate of drug-likeness (QED) is 0.846.